The summed E-state index contributed by atoms with van der Waals surface area (Å²) in [4.78, 5) is 25.2. The quantitative estimate of drug-likeness (QED) is 0.664. The summed E-state index contributed by atoms with van der Waals surface area (Å²) in [6.07, 6.45) is 0.888. The third-order valence-corrected chi connectivity index (χ3v) is 2.51. The van der Waals surface area contributed by atoms with Crippen LogP contribution in [0.5, 0.6) is 0 Å². The summed E-state index contributed by atoms with van der Waals surface area (Å²) in [5.74, 6) is -0.335. The maximum Gasteiger partial charge on any atom is 0.320 e. The summed E-state index contributed by atoms with van der Waals surface area (Å²) in [6, 6.07) is -0.220. The molecule has 1 unspecified atom stereocenters. The van der Waals surface area contributed by atoms with Gasteiger partial charge in [0, 0.05) is 6.04 Å². The molecule has 18 heavy (non-hydrogen) atoms. The van der Waals surface area contributed by atoms with Crippen molar-refractivity contribution in [1.82, 2.24) is 10.2 Å². The summed E-state index contributed by atoms with van der Waals surface area (Å²) in [7, 11) is 0. The predicted octanol–water partition coefficient (Wildman–Crippen LogP) is 1.17. The van der Waals surface area contributed by atoms with Gasteiger partial charge in [0.1, 0.15) is 0 Å². The molecule has 1 atom stereocenters. The zero-order chi connectivity index (χ0) is 14.1. The van der Waals surface area contributed by atoms with Crippen LogP contribution in [0.4, 0.5) is 0 Å². The van der Waals surface area contributed by atoms with Crippen molar-refractivity contribution in [3.05, 3.63) is 0 Å². The van der Waals surface area contributed by atoms with E-state index in [9.17, 15) is 9.59 Å². The minimum atomic E-state index is -0.322. The van der Waals surface area contributed by atoms with Crippen molar-refractivity contribution in [3.8, 4) is 0 Å². The van der Waals surface area contributed by atoms with Crippen LogP contribution in [0.25, 0.3) is 0 Å². The van der Waals surface area contributed by atoms with Gasteiger partial charge in [0.25, 0.3) is 0 Å². The van der Waals surface area contributed by atoms with Gasteiger partial charge in [-0.25, -0.2) is 0 Å². The van der Waals surface area contributed by atoms with Crippen LogP contribution in [0.2, 0.25) is 0 Å². The standard InChI is InChI=1S/C13H26N2O3/c1-6-8-15(9-12(16)18-7-2)11(5)13(17)14-10(3)4/h10-11H,6-9H2,1-5H3,(H,14,17). The van der Waals surface area contributed by atoms with Crippen LogP contribution in [-0.4, -0.2) is 48.6 Å². The van der Waals surface area contributed by atoms with Crippen molar-refractivity contribution in [3.63, 3.8) is 0 Å². The van der Waals surface area contributed by atoms with Gasteiger partial charge < -0.3 is 10.1 Å². The van der Waals surface area contributed by atoms with E-state index in [0.29, 0.717) is 13.2 Å². The zero-order valence-corrected chi connectivity index (χ0v) is 12.2. The Kier molecular flexibility index (Phi) is 8.37. The first-order valence-corrected chi connectivity index (χ1v) is 6.62. The third-order valence-electron chi connectivity index (χ3n) is 2.51. The third kappa shape index (κ3) is 6.59. The van der Waals surface area contributed by atoms with Gasteiger partial charge in [0.05, 0.1) is 19.2 Å². The molecule has 5 heteroatoms. The average Bonchev–Trinajstić information content (AvgIpc) is 2.26. The van der Waals surface area contributed by atoms with Crippen LogP contribution < -0.4 is 5.32 Å². The van der Waals surface area contributed by atoms with E-state index < -0.39 is 0 Å². The van der Waals surface area contributed by atoms with E-state index in [1.165, 1.54) is 0 Å². The molecule has 106 valence electrons. The molecule has 0 saturated carbocycles. The van der Waals surface area contributed by atoms with Crippen molar-refractivity contribution >= 4 is 11.9 Å². The van der Waals surface area contributed by atoms with Gasteiger partial charge in [0.15, 0.2) is 0 Å². The Hall–Kier alpha value is -1.10. The Labute approximate surface area is 110 Å². The molecule has 0 aromatic heterocycles. The molecular formula is C13H26N2O3. The van der Waals surface area contributed by atoms with Crippen molar-refractivity contribution in [2.24, 2.45) is 0 Å². The highest BCUT2D eigenvalue weighted by atomic mass is 16.5. The number of hydrogen-bond acceptors (Lipinski definition) is 4. The fourth-order valence-corrected chi connectivity index (χ4v) is 1.64. The van der Waals surface area contributed by atoms with Gasteiger partial charge in [-0.05, 0) is 40.7 Å². The molecule has 0 aromatic rings. The molecule has 0 heterocycles. The fourth-order valence-electron chi connectivity index (χ4n) is 1.64. The Morgan fingerprint density at radius 3 is 2.28 bits per heavy atom. The number of nitrogens with zero attached hydrogens (tertiary/aromatic N) is 1. The molecule has 0 aliphatic carbocycles. The van der Waals surface area contributed by atoms with Crippen molar-refractivity contribution < 1.29 is 14.3 Å². The van der Waals surface area contributed by atoms with Gasteiger partial charge in [0.2, 0.25) is 5.91 Å². The number of esters is 1. The SMILES string of the molecule is CCCN(CC(=O)OCC)C(C)C(=O)NC(C)C. The van der Waals surface area contributed by atoms with Crippen LogP contribution in [0.3, 0.4) is 0 Å². The van der Waals surface area contributed by atoms with Crippen molar-refractivity contribution in [1.29, 1.82) is 0 Å². The molecule has 1 amide bonds. The predicted molar refractivity (Wildman–Crippen MR) is 71.2 cm³/mol. The number of ether oxygens (including phenoxy) is 1. The van der Waals surface area contributed by atoms with Crippen LogP contribution in [0.1, 0.15) is 41.0 Å². The van der Waals surface area contributed by atoms with E-state index in [0.717, 1.165) is 6.42 Å². The highest BCUT2D eigenvalue weighted by Gasteiger charge is 2.23. The molecule has 0 aromatic carbocycles. The lowest BCUT2D eigenvalue weighted by Gasteiger charge is -2.27. The lowest BCUT2D eigenvalue weighted by Crippen LogP contribution is -2.49. The van der Waals surface area contributed by atoms with Crippen LogP contribution in [-0.2, 0) is 14.3 Å². The van der Waals surface area contributed by atoms with E-state index in [4.69, 9.17) is 4.74 Å². The maximum atomic E-state index is 11.9. The first kappa shape index (κ1) is 16.9. The van der Waals surface area contributed by atoms with Gasteiger partial charge in [-0.15, -0.1) is 0 Å². The van der Waals surface area contributed by atoms with E-state index >= 15 is 0 Å². The molecule has 0 aliphatic heterocycles. The minimum Gasteiger partial charge on any atom is -0.465 e. The Balaban J connectivity index is 4.47. The van der Waals surface area contributed by atoms with Gasteiger partial charge >= 0.3 is 5.97 Å². The maximum absolute atomic E-state index is 11.9. The number of hydrogen-bond donors (Lipinski definition) is 1. The second-order valence-corrected chi connectivity index (χ2v) is 4.61. The number of nitrogens with one attached hydrogen (secondary N) is 1. The highest BCUT2D eigenvalue weighted by molar-refractivity contribution is 5.82. The molecule has 0 saturated heterocycles. The smallest absolute Gasteiger partial charge is 0.320 e. The summed E-state index contributed by atoms with van der Waals surface area (Å²) in [5.41, 5.74) is 0. The Morgan fingerprint density at radius 2 is 1.83 bits per heavy atom. The van der Waals surface area contributed by atoms with E-state index in [2.05, 4.69) is 5.32 Å². The minimum absolute atomic E-state index is 0.0530. The molecule has 5 nitrogen and oxygen atoms in total. The van der Waals surface area contributed by atoms with E-state index in [1.807, 2.05) is 32.6 Å². The molecule has 0 radical (unpaired) electrons. The molecule has 0 fully saturated rings. The molecule has 1 N–H and O–H groups in total. The van der Waals surface area contributed by atoms with E-state index in [-0.39, 0.29) is 30.5 Å². The van der Waals surface area contributed by atoms with Gasteiger partial charge in [-0.2, -0.15) is 0 Å². The largest absolute Gasteiger partial charge is 0.465 e. The fraction of sp³-hybridized carbons (Fsp3) is 0.846. The van der Waals surface area contributed by atoms with Gasteiger partial charge in [-0.3, -0.25) is 14.5 Å². The molecule has 0 bridgehead atoms. The van der Waals surface area contributed by atoms with Crippen molar-refractivity contribution in [2.45, 2.75) is 53.1 Å². The van der Waals surface area contributed by atoms with Crippen LogP contribution in [0, 0.1) is 0 Å². The summed E-state index contributed by atoms with van der Waals surface area (Å²) in [6.45, 7) is 10.7. The first-order chi connectivity index (χ1) is 8.42. The lowest BCUT2D eigenvalue weighted by molar-refractivity contribution is -0.145. The van der Waals surface area contributed by atoms with Crippen molar-refractivity contribution in [2.75, 3.05) is 19.7 Å². The van der Waals surface area contributed by atoms with Crippen LogP contribution in [0.15, 0.2) is 0 Å². The Morgan fingerprint density at radius 1 is 1.22 bits per heavy atom. The lowest BCUT2D eigenvalue weighted by atomic mass is 10.2. The zero-order valence-electron chi connectivity index (χ0n) is 12.2. The van der Waals surface area contributed by atoms with Gasteiger partial charge in [-0.1, -0.05) is 6.92 Å². The van der Waals surface area contributed by atoms with E-state index in [1.54, 1.807) is 6.92 Å². The molecule has 0 aliphatic rings. The number of rotatable bonds is 8. The highest BCUT2D eigenvalue weighted by Crippen LogP contribution is 2.02. The summed E-state index contributed by atoms with van der Waals surface area (Å²) >= 11 is 0. The number of amides is 1. The second-order valence-electron chi connectivity index (χ2n) is 4.61. The molecule has 0 rings (SSSR count). The first-order valence-electron chi connectivity index (χ1n) is 6.62. The average molecular weight is 258 g/mol. The summed E-state index contributed by atoms with van der Waals surface area (Å²) < 4.78 is 4.92. The number of carbonyl (C=O) groups is 2. The topological polar surface area (TPSA) is 58.6 Å². The summed E-state index contributed by atoms with van der Waals surface area (Å²) in [5, 5.41) is 2.85. The Bertz CT molecular complexity index is 267. The molecular weight excluding hydrogens is 232 g/mol. The number of carbonyl (C=O) groups excluding carboxylic acids is 2. The molecule has 0 spiro atoms. The normalized spacial score (nSPS) is 12.6. The monoisotopic (exact) mass is 258 g/mol. The van der Waals surface area contributed by atoms with Crippen LogP contribution >= 0.6 is 0 Å². The second kappa shape index (κ2) is 8.91.